The molecule has 4 rings (SSSR count). The molecule has 0 aliphatic heterocycles. The lowest BCUT2D eigenvalue weighted by molar-refractivity contribution is 0.102. The third-order valence-electron chi connectivity index (χ3n) is 4.67. The molecule has 10 heteroatoms. The topological polar surface area (TPSA) is 103 Å². The number of rotatable bonds is 6. The summed E-state index contributed by atoms with van der Waals surface area (Å²) in [5.74, 6) is 0.678. The number of hydrogen-bond donors (Lipinski definition) is 1. The largest absolute Gasteiger partial charge is 0.497 e. The highest BCUT2D eigenvalue weighted by Crippen LogP contribution is 2.30. The minimum absolute atomic E-state index is 0.0353. The number of aryl methyl sites for hydroxylation is 1. The zero-order valence-electron chi connectivity index (χ0n) is 17.1. The molecule has 2 heterocycles. The van der Waals surface area contributed by atoms with Gasteiger partial charge in [0.15, 0.2) is 9.84 Å². The predicted molar refractivity (Wildman–Crippen MR) is 120 cm³/mol. The summed E-state index contributed by atoms with van der Waals surface area (Å²) in [5.41, 5.74) is 1.71. The van der Waals surface area contributed by atoms with E-state index in [2.05, 4.69) is 15.4 Å². The Morgan fingerprint density at radius 1 is 1.19 bits per heavy atom. The summed E-state index contributed by atoms with van der Waals surface area (Å²) < 4.78 is 32.1. The van der Waals surface area contributed by atoms with E-state index in [0.29, 0.717) is 22.4 Å². The number of methoxy groups -OCH3 is 1. The number of fused-ring (bicyclic) bond motifs is 1. The van der Waals surface area contributed by atoms with Gasteiger partial charge in [-0.1, -0.05) is 24.3 Å². The summed E-state index contributed by atoms with van der Waals surface area (Å²) in [7, 11) is -1.81. The van der Waals surface area contributed by atoms with E-state index in [1.165, 1.54) is 23.5 Å². The number of aromatic nitrogens is 3. The minimum atomic E-state index is -3.41. The van der Waals surface area contributed by atoms with Gasteiger partial charge in [-0.25, -0.2) is 13.4 Å². The van der Waals surface area contributed by atoms with Crippen LogP contribution in [0.2, 0.25) is 0 Å². The van der Waals surface area contributed by atoms with Gasteiger partial charge in [0.2, 0.25) is 5.13 Å². The normalized spacial score (nSPS) is 11.6. The van der Waals surface area contributed by atoms with E-state index in [4.69, 9.17) is 4.74 Å². The molecule has 0 bridgehead atoms. The maximum atomic E-state index is 12.8. The number of thiazole rings is 1. The molecule has 1 amide bonds. The Kier molecular flexibility index (Phi) is 5.50. The summed E-state index contributed by atoms with van der Waals surface area (Å²) in [6.45, 7) is 3.38. The fourth-order valence-corrected chi connectivity index (χ4v) is 4.87. The van der Waals surface area contributed by atoms with E-state index in [9.17, 15) is 13.2 Å². The Labute approximate surface area is 183 Å². The van der Waals surface area contributed by atoms with Gasteiger partial charge in [0.1, 0.15) is 11.6 Å². The lowest BCUT2D eigenvalue weighted by atomic mass is 10.2. The molecule has 0 spiro atoms. The molecule has 0 fully saturated rings. The molecule has 0 atom stereocenters. The summed E-state index contributed by atoms with van der Waals surface area (Å²) in [6, 6.07) is 13.3. The van der Waals surface area contributed by atoms with Crippen molar-refractivity contribution in [3.8, 4) is 10.9 Å². The van der Waals surface area contributed by atoms with E-state index < -0.39 is 15.7 Å². The number of amides is 1. The van der Waals surface area contributed by atoms with Gasteiger partial charge in [0.25, 0.3) is 5.91 Å². The smallest absolute Gasteiger partial charge is 0.256 e. The molecule has 1 N–H and O–H groups in total. The summed E-state index contributed by atoms with van der Waals surface area (Å²) in [5, 5.41) is 7.87. The van der Waals surface area contributed by atoms with Crippen LogP contribution < -0.4 is 10.1 Å². The zero-order valence-corrected chi connectivity index (χ0v) is 18.8. The standard InChI is InChI=1S/C21H20N4O4S2/c1-4-31(27,28)16-7-5-6-14(11-16)20(26)23-19-10-13(2)24-25(19)21-22-17-12-15(29-3)8-9-18(17)30-21/h5-12H,4H2,1-3H3,(H,23,26). The van der Waals surface area contributed by atoms with Crippen LogP contribution in [0.25, 0.3) is 15.3 Å². The highest BCUT2D eigenvalue weighted by atomic mass is 32.2. The number of sulfone groups is 1. The molecular formula is C21H20N4O4S2. The van der Waals surface area contributed by atoms with E-state index in [-0.39, 0.29) is 16.2 Å². The van der Waals surface area contributed by atoms with E-state index in [0.717, 1.165) is 10.2 Å². The number of anilines is 1. The van der Waals surface area contributed by atoms with Crippen LogP contribution in [0.4, 0.5) is 5.82 Å². The summed E-state index contributed by atoms with van der Waals surface area (Å²) >= 11 is 1.43. The quantitative estimate of drug-likeness (QED) is 0.473. The van der Waals surface area contributed by atoms with Gasteiger partial charge in [0, 0.05) is 17.7 Å². The van der Waals surface area contributed by atoms with Crippen LogP contribution in [0.1, 0.15) is 23.0 Å². The first kappa shape index (κ1) is 21.0. The van der Waals surface area contributed by atoms with Crippen molar-refractivity contribution in [1.82, 2.24) is 14.8 Å². The van der Waals surface area contributed by atoms with E-state index in [1.54, 1.807) is 36.9 Å². The number of hydrogen-bond acceptors (Lipinski definition) is 7. The van der Waals surface area contributed by atoms with E-state index >= 15 is 0 Å². The van der Waals surface area contributed by atoms with Gasteiger partial charge in [-0.05, 0) is 37.3 Å². The fourth-order valence-electron chi connectivity index (χ4n) is 3.03. The van der Waals surface area contributed by atoms with Gasteiger partial charge in [-0.2, -0.15) is 9.78 Å². The third kappa shape index (κ3) is 4.17. The number of nitrogens with one attached hydrogen (secondary N) is 1. The Balaban J connectivity index is 1.67. The minimum Gasteiger partial charge on any atom is -0.497 e. The fraction of sp³-hybridized carbons (Fsp3) is 0.190. The Morgan fingerprint density at radius 3 is 2.74 bits per heavy atom. The first-order chi connectivity index (χ1) is 14.8. The number of ether oxygens (including phenoxy) is 1. The van der Waals surface area contributed by atoms with Crippen molar-refractivity contribution in [2.24, 2.45) is 0 Å². The van der Waals surface area contributed by atoms with Gasteiger partial charge in [0.05, 0.1) is 33.7 Å². The molecule has 0 aliphatic carbocycles. The molecule has 0 unspecified atom stereocenters. The third-order valence-corrected chi connectivity index (χ3v) is 7.42. The van der Waals surface area contributed by atoms with Crippen molar-refractivity contribution in [1.29, 1.82) is 0 Å². The van der Waals surface area contributed by atoms with Crippen molar-refractivity contribution in [2.75, 3.05) is 18.2 Å². The second-order valence-corrected chi connectivity index (χ2v) is 10.1. The molecule has 0 saturated carbocycles. The first-order valence-corrected chi connectivity index (χ1v) is 11.9. The molecular weight excluding hydrogens is 436 g/mol. The number of nitrogens with zero attached hydrogens (tertiary/aromatic N) is 3. The van der Waals surface area contributed by atoms with Crippen molar-refractivity contribution in [2.45, 2.75) is 18.7 Å². The average molecular weight is 457 g/mol. The molecule has 2 aromatic heterocycles. The van der Waals surface area contributed by atoms with Gasteiger partial charge < -0.3 is 10.1 Å². The lowest BCUT2D eigenvalue weighted by Crippen LogP contribution is -2.16. The molecule has 160 valence electrons. The Morgan fingerprint density at radius 2 is 2.00 bits per heavy atom. The molecule has 0 radical (unpaired) electrons. The monoisotopic (exact) mass is 456 g/mol. The van der Waals surface area contributed by atoms with Gasteiger partial charge in [-0.15, -0.1) is 0 Å². The molecule has 0 saturated heterocycles. The Bertz CT molecular complexity index is 1390. The molecule has 4 aromatic rings. The van der Waals surface area contributed by atoms with Gasteiger partial charge in [-0.3, -0.25) is 4.79 Å². The van der Waals surface area contributed by atoms with Crippen LogP contribution in [0.5, 0.6) is 5.75 Å². The van der Waals surface area contributed by atoms with Crippen molar-refractivity contribution in [3.63, 3.8) is 0 Å². The maximum Gasteiger partial charge on any atom is 0.256 e. The molecule has 8 nitrogen and oxygen atoms in total. The van der Waals surface area contributed by atoms with Crippen molar-refractivity contribution in [3.05, 3.63) is 59.8 Å². The van der Waals surface area contributed by atoms with Crippen LogP contribution in [-0.4, -0.2) is 42.0 Å². The summed E-state index contributed by atoms with van der Waals surface area (Å²) in [4.78, 5) is 17.6. The van der Waals surface area contributed by atoms with Crippen LogP contribution in [0.15, 0.2) is 53.4 Å². The number of benzene rings is 2. The van der Waals surface area contributed by atoms with Crippen LogP contribution in [-0.2, 0) is 9.84 Å². The van der Waals surface area contributed by atoms with Crippen LogP contribution in [0, 0.1) is 6.92 Å². The summed E-state index contributed by atoms with van der Waals surface area (Å²) in [6.07, 6.45) is 0. The lowest BCUT2D eigenvalue weighted by Gasteiger charge is -2.08. The number of carbonyl (C=O) groups excluding carboxylic acids is 1. The van der Waals surface area contributed by atoms with Crippen LogP contribution >= 0.6 is 11.3 Å². The van der Waals surface area contributed by atoms with Crippen molar-refractivity contribution >= 4 is 43.1 Å². The predicted octanol–water partition coefficient (Wildman–Crippen LogP) is 3.84. The highest BCUT2D eigenvalue weighted by molar-refractivity contribution is 7.91. The van der Waals surface area contributed by atoms with Crippen LogP contribution in [0.3, 0.4) is 0 Å². The molecule has 31 heavy (non-hydrogen) atoms. The first-order valence-electron chi connectivity index (χ1n) is 9.46. The molecule has 2 aromatic carbocycles. The number of carbonyl (C=O) groups is 1. The second kappa shape index (κ2) is 8.12. The molecule has 0 aliphatic rings. The van der Waals surface area contributed by atoms with Crippen molar-refractivity contribution < 1.29 is 17.9 Å². The SMILES string of the molecule is CCS(=O)(=O)c1cccc(C(=O)Nc2cc(C)nn2-c2nc3cc(OC)ccc3s2)c1. The Hall–Kier alpha value is -3.24. The maximum absolute atomic E-state index is 12.8. The van der Waals surface area contributed by atoms with E-state index in [1.807, 2.05) is 25.1 Å². The second-order valence-electron chi connectivity index (χ2n) is 6.80. The highest BCUT2D eigenvalue weighted by Gasteiger charge is 2.18. The average Bonchev–Trinajstić information content (AvgIpc) is 3.35. The van der Waals surface area contributed by atoms with Gasteiger partial charge >= 0.3 is 0 Å². The zero-order chi connectivity index (χ0) is 22.2.